The number of aryl methyl sites for hydroxylation is 1. The summed E-state index contributed by atoms with van der Waals surface area (Å²) in [5.41, 5.74) is 1.61. The van der Waals surface area contributed by atoms with Crippen molar-refractivity contribution >= 4 is 0 Å². The van der Waals surface area contributed by atoms with Crippen LogP contribution in [0.1, 0.15) is 17.5 Å². The summed E-state index contributed by atoms with van der Waals surface area (Å²) >= 11 is 0. The number of ether oxygens (including phenoxy) is 3. The smallest absolute Gasteiger partial charge is 0.119 e. The highest BCUT2D eigenvalue weighted by atomic mass is 16.6. The van der Waals surface area contributed by atoms with Crippen LogP contribution in [0.15, 0.2) is 18.2 Å². The largest absolute Gasteiger partial charge is 0.491 e. The first-order chi connectivity index (χ1) is 8.79. The van der Waals surface area contributed by atoms with Crippen molar-refractivity contribution in [3.63, 3.8) is 0 Å². The van der Waals surface area contributed by atoms with E-state index in [0.29, 0.717) is 25.4 Å². The van der Waals surface area contributed by atoms with Crippen molar-refractivity contribution in [3.05, 3.63) is 29.3 Å². The summed E-state index contributed by atoms with van der Waals surface area (Å²) in [6.45, 7) is 4.46. The van der Waals surface area contributed by atoms with E-state index in [1.165, 1.54) is 0 Å². The molecular formula is C14H17NO3. The Morgan fingerprint density at radius 3 is 3.00 bits per heavy atom. The summed E-state index contributed by atoms with van der Waals surface area (Å²) in [5, 5.41) is 8.82. The predicted octanol–water partition coefficient (Wildman–Crippen LogP) is 2.05. The first kappa shape index (κ1) is 12.9. The molecule has 1 atom stereocenters. The van der Waals surface area contributed by atoms with Gasteiger partial charge in [-0.1, -0.05) is 0 Å². The third-order valence-electron chi connectivity index (χ3n) is 2.91. The molecule has 1 aliphatic heterocycles. The molecule has 0 aromatic heterocycles. The van der Waals surface area contributed by atoms with Gasteiger partial charge in [0.2, 0.25) is 0 Å². The van der Waals surface area contributed by atoms with Crippen LogP contribution in [0.2, 0.25) is 0 Å². The van der Waals surface area contributed by atoms with E-state index < -0.39 is 0 Å². The fourth-order valence-electron chi connectivity index (χ4n) is 1.87. The monoisotopic (exact) mass is 247 g/mol. The molecule has 0 saturated carbocycles. The molecule has 0 N–H and O–H groups in total. The van der Waals surface area contributed by atoms with Gasteiger partial charge in [-0.2, -0.15) is 5.26 Å². The summed E-state index contributed by atoms with van der Waals surface area (Å²) in [7, 11) is 0. The minimum atomic E-state index is 0.219. The highest BCUT2D eigenvalue weighted by molar-refractivity contribution is 5.41. The molecule has 1 unspecified atom stereocenters. The Bertz CT molecular complexity index is 433. The number of nitriles is 1. The molecular weight excluding hydrogens is 230 g/mol. The van der Waals surface area contributed by atoms with Gasteiger partial charge in [0.25, 0.3) is 0 Å². The number of rotatable bonds is 5. The quantitative estimate of drug-likeness (QED) is 0.747. The minimum absolute atomic E-state index is 0.219. The predicted molar refractivity (Wildman–Crippen MR) is 66.6 cm³/mol. The first-order valence-corrected chi connectivity index (χ1v) is 6.12. The lowest BCUT2D eigenvalue weighted by Crippen LogP contribution is -2.17. The Balaban J connectivity index is 1.73. The van der Waals surface area contributed by atoms with Crippen LogP contribution in [-0.2, 0) is 9.47 Å². The highest BCUT2D eigenvalue weighted by Crippen LogP contribution is 2.16. The zero-order valence-electron chi connectivity index (χ0n) is 10.5. The lowest BCUT2D eigenvalue weighted by Gasteiger charge is -2.11. The van der Waals surface area contributed by atoms with E-state index in [-0.39, 0.29) is 6.10 Å². The Kier molecular flexibility index (Phi) is 4.57. The van der Waals surface area contributed by atoms with Gasteiger partial charge in [0, 0.05) is 6.61 Å². The van der Waals surface area contributed by atoms with Gasteiger partial charge in [-0.05, 0) is 37.1 Å². The van der Waals surface area contributed by atoms with Gasteiger partial charge < -0.3 is 14.2 Å². The molecule has 0 aliphatic carbocycles. The van der Waals surface area contributed by atoms with E-state index in [2.05, 4.69) is 6.07 Å². The van der Waals surface area contributed by atoms with E-state index in [1.54, 1.807) is 6.07 Å². The van der Waals surface area contributed by atoms with Gasteiger partial charge in [-0.25, -0.2) is 0 Å². The molecule has 1 saturated heterocycles. The zero-order valence-corrected chi connectivity index (χ0v) is 10.5. The van der Waals surface area contributed by atoms with Gasteiger partial charge >= 0.3 is 0 Å². The van der Waals surface area contributed by atoms with Gasteiger partial charge in [0.1, 0.15) is 12.4 Å². The number of nitrogens with zero attached hydrogens (tertiary/aromatic N) is 1. The summed E-state index contributed by atoms with van der Waals surface area (Å²) in [5.74, 6) is 0.776. The SMILES string of the molecule is Cc1cc(OCCOC2CCOC2)ccc1C#N. The van der Waals surface area contributed by atoms with Crippen molar-refractivity contribution < 1.29 is 14.2 Å². The zero-order chi connectivity index (χ0) is 12.8. The highest BCUT2D eigenvalue weighted by Gasteiger charge is 2.15. The maximum Gasteiger partial charge on any atom is 0.119 e. The lowest BCUT2D eigenvalue weighted by atomic mass is 10.1. The van der Waals surface area contributed by atoms with E-state index >= 15 is 0 Å². The fraction of sp³-hybridized carbons (Fsp3) is 0.500. The molecule has 18 heavy (non-hydrogen) atoms. The second kappa shape index (κ2) is 6.39. The molecule has 1 aliphatic rings. The molecule has 0 radical (unpaired) electrons. The molecule has 1 heterocycles. The normalized spacial score (nSPS) is 18.6. The number of benzene rings is 1. The molecule has 1 aromatic rings. The molecule has 0 spiro atoms. The van der Waals surface area contributed by atoms with Crippen molar-refractivity contribution in [1.29, 1.82) is 5.26 Å². The summed E-state index contributed by atoms with van der Waals surface area (Å²) in [6.07, 6.45) is 1.19. The Labute approximate surface area is 107 Å². The molecule has 1 fully saturated rings. The van der Waals surface area contributed by atoms with Crippen LogP contribution in [0.5, 0.6) is 5.75 Å². The summed E-state index contributed by atoms with van der Waals surface area (Å²) in [4.78, 5) is 0. The summed E-state index contributed by atoms with van der Waals surface area (Å²) in [6, 6.07) is 7.59. The number of hydrogen-bond donors (Lipinski definition) is 0. The summed E-state index contributed by atoms with van der Waals surface area (Å²) < 4.78 is 16.4. The van der Waals surface area contributed by atoms with E-state index in [4.69, 9.17) is 19.5 Å². The third-order valence-corrected chi connectivity index (χ3v) is 2.91. The third kappa shape index (κ3) is 3.46. The molecule has 0 bridgehead atoms. The topological polar surface area (TPSA) is 51.5 Å². The van der Waals surface area contributed by atoms with Crippen LogP contribution in [0.3, 0.4) is 0 Å². The standard InChI is InChI=1S/C14H17NO3/c1-11-8-13(3-2-12(11)9-15)17-6-7-18-14-4-5-16-10-14/h2-3,8,14H,4-7,10H2,1H3. The van der Waals surface area contributed by atoms with Gasteiger partial charge in [0.05, 0.1) is 31.0 Å². The maximum absolute atomic E-state index is 8.82. The molecule has 2 rings (SSSR count). The van der Waals surface area contributed by atoms with E-state index in [0.717, 1.165) is 24.3 Å². The number of hydrogen-bond acceptors (Lipinski definition) is 4. The molecule has 1 aromatic carbocycles. The fourth-order valence-corrected chi connectivity index (χ4v) is 1.87. The Hall–Kier alpha value is -1.57. The Morgan fingerprint density at radius 2 is 2.33 bits per heavy atom. The van der Waals surface area contributed by atoms with Crippen molar-refractivity contribution in [3.8, 4) is 11.8 Å². The molecule has 0 amide bonds. The van der Waals surface area contributed by atoms with E-state index in [9.17, 15) is 0 Å². The van der Waals surface area contributed by atoms with Crippen LogP contribution >= 0.6 is 0 Å². The van der Waals surface area contributed by atoms with Gasteiger partial charge in [-0.3, -0.25) is 0 Å². The Morgan fingerprint density at radius 1 is 1.44 bits per heavy atom. The lowest BCUT2D eigenvalue weighted by molar-refractivity contribution is 0.0265. The maximum atomic E-state index is 8.82. The van der Waals surface area contributed by atoms with Crippen molar-refractivity contribution in [1.82, 2.24) is 0 Å². The van der Waals surface area contributed by atoms with Gasteiger partial charge in [-0.15, -0.1) is 0 Å². The second-order valence-electron chi connectivity index (χ2n) is 4.29. The van der Waals surface area contributed by atoms with Crippen LogP contribution in [-0.4, -0.2) is 32.5 Å². The van der Waals surface area contributed by atoms with Crippen LogP contribution in [0, 0.1) is 18.3 Å². The van der Waals surface area contributed by atoms with Crippen LogP contribution < -0.4 is 4.74 Å². The average Bonchev–Trinajstić information content (AvgIpc) is 2.88. The van der Waals surface area contributed by atoms with Crippen molar-refractivity contribution in [2.45, 2.75) is 19.4 Å². The molecule has 4 nitrogen and oxygen atoms in total. The van der Waals surface area contributed by atoms with Crippen LogP contribution in [0.4, 0.5) is 0 Å². The molecule has 96 valence electrons. The van der Waals surface area contributed by atoms with Crippen molar-refractivity contribution in [2.24, 2.45) is 0 Å². The van der Waals surface area contributed by atoms with E-state index in [1.807, 2.05) is 19.1 Å². The minimum Gasteiger partial charge on any atom is -0.491 e. The molecule has 4 heteroatoms. The second-order valence-corrected chi connectivity index (χ2v) is 4.29. The first-order valence-electron chi connectivity index (χ1n) is 6.12. The van der Waals surface area contributed by atoms with Crippen molar-refractivity contribution in [2.75, 3.05) is 26.4 Å². The average molecular weight is 247 g/mol. The van der Waals surface area contributed by atoms with Crippen LogP contribution in [0.25, 0.3) is 0 Å². The van der Waals surface area contributed by atoms with Gasteiger partial charge in [0.15, 0.2) is 0 Å².